The molecule has 0 aromatic heterocycles. The summed E-state index contributed by atoms with van der Waals surface area (Å²) in [6, 6.07) is 3.90. The fourth-order valence-electron chi connectivity index (χ4n) is 3.66. The summed E-state index contributed by atoms with van der Waals surface area (Å²) in [5.74, 6) is -1.11. The van der Waals surface area contributed by atoms with Gasteiger partial charge >= 0.3 is 0 Å². The molecule has 1 aromatic rings. The summed E-state index contributed by atoms with van der Waals surface area (Å²) in [5.41, 5.74) is 1.35. The fraction of sp³-hybridized carbons (Fsp3) is 0.556. The van der Waals surface area contributed by atoms with Crippen LogP contribution in [0.5, 0.6) is 0 Å². The molecule has 1 aromatic carbocycles. The van der Waals surface area contributed by atoms with Crippen LogP contribution < -0.4 is 5.32 Å². The predicted octanol–water partition coefficient (Wildman–Crippen LogP) is 2.25. The SMILES string of the molecule is O=S1(=O)C[C@H](NCCC2=CCCCC2)[C@@H](S(=O)(=O)c2ccc(F)cc2)C1. The molecule has 3 rings (SSSR count). The number of sulfone groups is 2. The minimum atomic E-state index is -3.85. The van der Waals surface area contributed by atoms with Crippen LogP contribution in [-0.4, -0.2) is 46.2 Å². The molecule has 0 saturated carbocycles. The third-order valence-corrected chi connectivity index (χ3v) is 9.25. The highest BCUT2D eigenvalue weighted by Gasteiger charge is 2.45. The van der Waals surface area contributed by atoms with E-state index in [0.29, 0.717) is 6.54 Å². The first kappa shape index (κ1) is 19.5. The standard InChI is InChI=1S/C18H24FNO4S2/c19-15-6-8-16(9-7-15)26(23,24)18-13-25(21,22)12-17(18)20-11-10-14-4-2-1-3-5-14/h4,6-9,17-18,20H,1-3,5,10-13H2/t17-,18-/m0/s1. The normalized spacial score (nSPS) is 25.8. The Morgan fingerprint density at radius 2 is 1.85 bits per heavy atom. The molecular weight excluding hydrogens is 377 g/mol. The highest BCUT2D eigenvalue weighted by Crippen LogP contribution is 2.26. The lowest BCUT2D eigenvalue weighted by atomic mass is 9.97. The molecule has 144 valence electrons. The zero-order valence-electron chi connectivity index (χ0n) is 14.5. The number of nitrogens with one attached hydrogen (secondary N) is 1. The maximum absolute atomic E-state index is 13.1. The summed E-state index contributed by atoms with van der Waals surface area (Å²) in [5, 5.41) is 2.11. The molecule has 1 saturated heterocycles. The Bertz CT molecular complexity index is 876. The smallest absolute Gasteiger partial charge is 0.183 e. The van der Waals surface area contributed by atoms with Crippen LogP contribution in [-0.2, 0) is 19.7 Å². The Morgan fingerprint density at radius 1 is 1.12 bits per heavy atom. The molecule has 1 fully saturated rings. The summed E-state index contributed by atoms with van der Waals surface area (Å²) < 4.78 is 63.0. The van der Waals surface area contributed by atoms with E-state index in [9.17, 15) is 21.2 Å². The maximum atomic E-state index is 13.1. The van der Waals surface area contributed by atoms with Crippen LogP contribution in [0.25, 0.3) is 0 Å². The molecule has 5 nitrogen and oxygen atoms in total. The van der Waals surface area contributed by atoms with Crippen LogP contribution >= 0.6 is 0 Å². The maximum Gasteiger partial charge on any atom is 0.183 e. The Labute approximate surface area is 154 Å². The topological polar surface area (TPSA) is 80.3 Å². The van der Waals surface area contributed by atoms with Crippen molar-refractivity contribution in [3.05, 3.63) is 41.7 Å². The van der Waals surface area contributed by atoms with Gasteiger partial charge in [-0.25, -0.2) is 21.2 Å². The second-order valence-electron chi connectivity index (χ2n) is 7.03. The molecule has 0 bridgehead atoms. The number of rotatable bonds is 6. The first-order chi connectivity index (χ1) is 12.3. The fourth-order valence-corrected chi connectivity index (χ4v) is 8.38. The minimum Gasteiger partial charge on any atom is -0.311 e. The largest absolute Gasteiger partial charge is 0.311 e. The van der Waals surface area contributed by atoms with E-state index < -0.39 is 42.5 Å². The van der Waals surface area contributed by atoms with Crippen molar-refractivity contribution >= 4 is 19.7 Å². The monoisotopic (exact) mass is 401 g/mol. The highest BCUT2D eigenvalue weighted by atomic mass is 32.2. The second-order valence-corrected chi connectivity index (χ2v) is 11.4. The molecule has 2 atom stereocenters. The molecule has 0 amide bonds. The van der Waals surface area contributed by atoms with Gasteiger partial charge in [-0.15, -0.1) is 0 Å². The molecule has 26 heavy (non-hydrogen) atoms. The molecule has 0 unspecified atom stereocenters. The van der Waals surface area contributed by atoms with Gasteiger partial charge < -0.3 is 5.32 Å². The lowest BCUT2D eigenvalue weighted by Gasteiger charge is -2.21. The average molecular weight is 402 g/mol. The molecule has 1 aliphatic carbocycles. The van der Waals surface area contributed by atoms with Crippen LogP contribution in [0, 0.1) is 5.82 Å². The van der Waals surface area contributed by atoms with Crippen molar-refractivity contribution in [2.45, 2.75) is 48.3 Å². The van der Waals surface area contributed by atoms with Crippen molar-refractivity contribution in [1.29, 1.82) is 0 Å². The van der Waals surface area contributed by atoms with Gasteiger partial charge in [-0.1, -0.05) is 11.6 Å². The number of allylic oxidation sites excluding steroid dienone is 1. The first-order valence-electron chi connectivity index (χ1n) is 8.89. The third-order valence-electron chi connectivity index (χ3n) is 5.08. The summed E-state index contributed by atoms with van der Waals surface area (Å²) in [7, 11) is -7.28. The van der Waals surface area contributed by atoms with E-state index in [1.165, 1.54) is 30.5 Å². The Balaban J connectivity index is 1.73. The first-order valence-corrected chi connectivity index (χ1v) is 12.3. The van der Waals surface area contributed by atoms with E-state index in [2.05, 4.69) is 11.4 Å². The third kappa shape index (κ3) is 4.53. The molecule has 2 aliphatic rings. The Hall–Kier alpha value is -1.25. The van der Waals surface area contributed by atoms with Gasteiger partial charge in [0.15, 0.2) is 19.7 Å². The van der Waals surface area contributed by atoms with Gasteiger partial charge in [0, 0.05) is 6.04 Å². The molecule has 1 heterocycles. The number of hydrogen-bond donors (Lipinski definition) is 1. The van der Waals surface area contributed by atoms with E-state index in [4.69, 9.17) is 0 Å². The molecule has 0 radical (unpaired) electrons. The van der Waals surface area contributed by atoms with Crippen molar-refractivity contribution < 1.29 is 21.2 Å². The predicted molar refractivity (Wildman–Crippen MR) is 99.0 cm³/mol. The molecular formula is C18H24FNO4S2. The summed E-state index contributed by atoms with van der Waals surface area (Å²) >= 11 is 0. The van der Waals surface area contributed by atoms with Crippen molar-refractivity contribution in [1.82, 2.24) is 5.32 Å². The highest BCUT2D eigenvalue weighted by molar-refractivity contribution is 7.96. The van der Waals surface area contributed by atoms with E-state index in [0.717, 1.165) is 31.4 Å². The second kappa shape index (κ2) is 7.78. The van der Waals surface area contributed by atoms with Crippen LogP contribution in [0.1, 0.15) is 32.1 Å². The van der Waals surface area contributed by atoms with Crippen molar-refractivity contribution in [2.24, 2.45) is 0 Å². The number of halogens is 1. The zero-order chi connectivity index (χ0) is 18.8. The van der Waals surface area contributed by atoms with Gasteiger partial charge in [0.2, 0.25) is 0 Å². The van der Waals surface area contributed by atoms with Gasteiger partial charge in [-0.2, -0.15) is 0 Å². The summed E-state index contributed by atoms with van der Waals surface area (Å²) in [6.07, 6.45) is 7.54. The number of hydrogen-bond acceptors (Lipinski definition) is 5. The molecule has 0 spiro atoms. The van der Waals surface area contributed by atoms with E-state index in [1.807, 2.05) is 0 Å². The quantitative estimate of drug-likeness (QED) is 0.584. The zero-order valence-corrected chi connectivity index (χ0v) is 16.2. The van der Waals surface area contributed by atoms with Gasteiger partial charge in [0.1, 0.15) is 5.82 Å². The van der Waals surface area contributed by atoms with Crippen LogP contribution in [0.15, 0.2) is 40.8 Å². The summed E-state index contributed by atoms with van der Waals surface area (Å²) in [6.45, 7) is 0.557. The van der Waals surface area contributed by atoms with E-state index >= 15 is 0 Å². The summed E-state index contributed by atoms with van der Waals surface area (Å²) in [4.78, 5) is -0.0391. The van der Waals surface area contributed by atoms with Crippen LogP contribution in [0.4, 0.5) is 4.39 Å². The lowest BCUT2D eigenvalue weighted by molar-refractivity contribution is 0.523. The number of benzene rings is 1. The van der Waals surface area contributed by atoms with Gasteiger partial charge in [0.05, 0.1) is 21.7 Å². The van der Waals surface area contributed by atoms with Gasteiger partial charge in [-0.3, -0.25) is 0 Å². The van der Waals surface area contributed by atoms with Crippen LogP contribution in [0.2, 0.25) is 0 Å². The Kier molecular flexibility index (Phi) is 5.84. The molecule has 8 heteroatoms. The van der Waals surface area contributed by atoms with Gasteiger partial charge in [-0.05, 0) is 62.9 Å². The molecule has 1 aliphatic heterocycles. The van der Waals surface area contributed by atoms with E-state index in [1.54, 1.807) is 0 Å². The van der Waals surface area contributed by atoms with Crippen LogP contribution in [0.3, 0.4) is 0 Å². The Morgan fingerprint density at radius 3 is 2.50 bits per heavy atom. The van der Waals surface area contributed by atoms with E-state index in [-0.39, 0.29) is 10.6 Å². The lowest BCUT2D eigenvalue weighted by Crippen LogP contribution is -2.43. The molecule has 1 N–H and O–H groups in total. The van der Waals surface area contributed by atoms with Crippen molar-refractivity contribution in [3.8, 4) is 0 Å². The average Bonchev–Trinajstić information content (AvgIpc) is 2.92. The van der Waals surface area contributed by atoms with Gasteiger partial charge in [0.25, 0.3) is 0 Å². The van der Waals surface area contributed by atoms with Crippen molar-refractivity contribution in [3.63, 3.8) is 0 Å². The minimum absolute atomic E-state index is 0.0391. The van der Waals surface area contributed by atoms with Crippen molar-refractivity contribution in [2.75, 3.05) is 18.1 Å².